The standard InChI is InChI=1S/C6H7IN2O/c7-1-4-10-6-5-8-2-3-9-6/h2-3,5H,1,4H2. The van der Waals surface area contributed by atoms with Crippen LogP contribution in [0.2, 0.25) is 0 Å². The monoisotopic (exact) mass is 250 g/mol. The smallest absolute Gasteiger partial charge is 0.232 e. The van der Waals surface area contributed by atoms with Gasteiger partial charge in [-0.15, -0.1) is 0 Å². The maximum atomic E-state index is 5.17. The lowest BCUT2D eigenvalue weighted by atomic mass is 10.7. The first-order valence-electron chi connectivity index (χ1n) is 2.88. The Bertz CT molecular complexity index is 180. The number of ether oxygens (including phenoxy) is 1. The molecule has 3 nitrogen and oxygen atoms in total. The summed E-state index contributed by atoms with van der Waals surface area (Å²) < 4.78 is 6.14. The Kier molecular flexibility index (Phi) is 3.42. The fourth-order valence-electron chi connectivity index (χ4n) is 0.503. The molecule has 1 heterocycles. The van der Waals surface area contributed by atoms with Gasteiger partial charge in [0.25, 0.3) is 0 Å². The van der Waals surface area contributed by atoms with Crippen molar-refractivity contribution in [2.24, 2.45) is 0 Å². The van der Waals surface area contributed by atoms with Gasteiger partial charge in [-0.3, -0.25) is 4.98 Å². The van der Waals surface area contributed by atoms with Crippen LogP contribution in [0.25, 0.3) is 0 Å². The molecule has 0 spiro atoms. The van der Waals surface area contributed by atoms with E-state index in [0.717, 1.165) is 4.43 Å². The van der Waals surface area contributed by atoms with Gasteiger partial charge in [-0.05, 0) is 0 Å². The van der Waals surface area contributed by atoms with Crippen molar-refractivity contribution >= 4 is 22.6 Å². The highest BCUT2D eigenvalue weighted by atomic mass is 127. The molecule has 0 atom stereocenters. The predicted octanol–water partition coefficient (Wildman–Crippen LogP) is 1.29. The molecule has 10 heavy (non-hydrogen) atoms. The molecule has 0 aliphatic heterocycles. The minimum Gasteiger partial charge on any atom is -0.476 e. The van der Waals surface area contributed by atoms with Crippen LogP contribution in [0.4, 0.5) is 0 Å². The third kappa shape index (κ3) is 2.47. The molecule has 0 N–H and O–H groups in total. The molecule has 54 valence electrons. The van der Waals surface area contributed by atoms with Crippen molar-refractivity contribution in [3.8, 4) is 5.88 Å². The Hall–Kier alpha value is -0.390. The zero-order chi connectivity index (χ0) is 7.23. The lowest BCUT2D eigenvalue weighted by molar-refractivity contribution is 0.331. The van der Waals surface area contributed by atoms with Gasteiger partial charge in [-0.1, -0.05) is 22.6 Å². The summed E-state index contributed by atoms with van der Waals surface area (Å²) in [6, 6.07) is 0. The molecule has 4 heteroatoms. The molecule has 0 aliphatic rings. The molecule has 0 bridgehead atoms. The first-order valence-corrected chi connectivity index (χ1v) is 4.41. The van der Waals surface area contributed by atoms with E-state index in [4.69, 9.17) is 4.74 Å². The Morgan fingerprint density at radius 2 is 2.40 bits per heavy atom. The van der Waals surface area contributed by atoms with Gasteiger partial charge in [0.15, 0.2) is 0 Å². The van der Waals surface area contributed by atoms with Crippen LogP contribution in [0.3, 0.4) is 0 Å². The zero-order valence-corrected chi connectivity index (χ0v) is 7.48. The zero-order valence-electron chi connectivity index (χ0n) is 5.33. The van der Waals surface area contributed by atoms with Crippen LogP contribution in [0, 0.1) is 0 Å². The van der Waals surface area contributed by atoms with Gasteiger partial charge in [-0.2, -0.15) is 0 Å². The third-order valence-electron chi connectivity index (χ3n) is 0.867. The van der Waals surface area contributed by atoms with E-state index in [1.54, 1.807) is 18.6 Å². The summed E-state index contributed by atoms with van der Waals surface area (Å²) in [7, 11) is 0. The molecule has 1 aromatic rings. The molecule has 0 saturated heterocycles. The largest absolute Gasteiger partial charge is 0.476 e. The van der Waals surface area contributed by atoms with Crippen LogP contribution in [-0.4, -0.2) is 21.0 Å². The van der Waals surface area contributed by atoms with Crippen molar-refractivity contribution in [3.05, 3.63) is 18.6 Å². The van der Waals surface area contributed by atoms with Crippen molar-refractivity contribution in [1.29, 1.82) is 0 Å². The second kappa shape index (κ2) is 4.43. The van der Waals surface area contributed by atoms with Crippen LogP contribution in [0.5, 0.6) is 5.88 Å². The quantitative estimate of drug-likeness (QED) is 0.599. The number of hydrogen-bond donors (Lipinski definition) is 0. The van der Waals surface area contributed by atoms with Crippen LogP contribution >= 0.6 is 22.6 Å². The fraction of sp³-hybridized carbons (Fsp3) is 0.333. The van der Waals surface area contributed by atoms with E-state index >= 15 is 0 Å². The number of hydrogen-bond acceptors (Lipinski definition) is 3. The molecule has 0 amide bonds. The second-order valence-corrected chi connectivity index (χ2v) is 2.66. The lowest BCUT2D eigenvalue weighted by Crippen LogP contribution is -1.99. The molecule has 0 fully saturated rings. The van der Waals surface area contributed by atoms with E-state index in [-0.39, 0.29) is 0 Å². The minimum atomic E-state index is 0.596. The van der Waals surface area contributed by atoms with Crippen molar-refractivity contribution in [3.63, 3.8) is 0 Å². The Morgan fingerprint density at radius 1 is 1.50 bits per heavy atom. The molecule has 1 aromatic heterocycles. The first kappa shape index (κ1) is 7.71. The van der Waals surface area contributed by atoms with Crippen LogP contribution < -0.4 is 4.74 Å². The number of alkyl halides is 1. The summed E-state index contributed by atoms with van der Waals surface area (Å²) in [6.07, 6.45) is 4.84. The minimum absolute atomic E-state index is 0.596. The van der Waals surface area contributed by atoms with Gasteiger partial charge in [0.05, 0.1) is 12.8 Å². The highest BCUT2D eigenvalue weighted by Gasteiger charge is 1.89. The Labute approximate surface area is 73.0 Å². The Balaban J connectivity index is 2.43. The molecule has 0 aliphatic carbocycles. The molecule has 0 radical (unpaired) electrons. The molecule has 1 rings (SSSR count). The van der Waals surface area contributed by atoms with Crippen LogP contribution in [-0.2, 0) is 0 Å². The van der Waals surface area contributed by atoms with Crippen molar-refractivity contribution < 1.29 is 4.74 Å². The highest BCUT2D eigenvalue weighted by molar-refractivity contribution is 14.1. The fourth-order valence-corrected chi connectivity index (χ4v) is 0.723. The third-order valence-corrected chi connectivity index (χ3v) is 1.31. The van der Waals surface area contributed by atoms with E-state index < -0.39 is 0 Å². The summed E-state index contributed by atoms with van der Waals surface area (Å²) in [5.41, 5.74) is 0. The number of halogens is 1. The number of nitrogens with zero attached hydrogens (tertiary/aromatic N) is 2. The van der Waals surface area contributed by atoms with E-state index in [0.29, 0.717) is 12.5 Å². The topological polar surface area (TPSA) is 35.0 Å². The van der Waals surface area contributed by atoms with Crippen molar-refractivity contribution in [1.82, 2.24) is 9.97 Å². The molecule has 0 saturated carbocycles. The Morgan fingerprint density at radius 3 is 3.00 bits per heavy atom. The highest BCUT2D eigenvalue weighted by Crippen LogP contribution is 2.00. The average molecular weight is 250 g/mol. The maximum absolute atomic E-state index is 5.17. The van der Waals surface area contributed by atoms with Gasteiger partial charge < -0.3 is 4.74 Å². The molecule has 0 unspecified atom stereocenters. The van der Waals surface area contributed by atoms with Gasteiger partial charge in [0.2, 0.25) is 5.88 Å². The summed E-state index contributed by atoms with van der Waals surface area (Å²) in [5, 5.41) is 0. The van der Waals surface area contributed by atoms with E-state index in [1.807, 2.05) is 0 Å². The van der Waals surface area contributed by atoms with E-state index in [9.17, 15) is 0 Å². The summed E-state index contributed by atoms with van der Waals surface area (Å²) in [4.78, 5) is 7.78. The maximum Gasteiger partial charge on any atom is 0.232 e. The molecular weight excluding hydrogens is 243 g/mol. The van der Waals surface area contributed by atoms with Gasteiger partial charge >= 0.3 is 0 Å². The van der Waals surface area contributed by atoms with Gasteiger partial charge in [0.1, 0.15) is 0 Å². The van der Waals surface area contributed by atoms with Crippen LogP contribution in [0.1, 0.15) is 0 Å². The summed E-state index contributed by atoms with van der Waals surface area (Å²) in [5.74, 6) is 0.596. The number of rotatable bonds is 3. The molecule has 0 aromatic carbocycles. The van der Waals surface area contributed by atoms with Gasteiger partial charge in [-0.25, -0.2) is 4.98 Å². The normalized spacial score (nSPS) is 9.30. The predicted molar refractivity (Wildman–Crippen MR) is 46.4 cm³/mol. The summed E-state index contributed by atoms with van der Waals surface area (Å²) in [6.45, 7) is 0.694. The average Bonchev–Trinajstić information content (AvgIpc) is 2.03. The van der Waals surface area contributed by atoms with Crippen LogP contribution in [0.15, 0.2) is 18.6 Å². The second-order valence-electron chi connectivity index (χ2n) is 1.58. The van der Waals surface area contributed by atoms with Crippen molar-refractivity contribution in [2.45, 2.75) is 0 Å². The lowest BCUT2D eigenvalue weighted by Gasteiger charge is -1.99. The molecular formula is C6H7IN2O. The number of aromatic nitrogens is 2. The summed E-state index contributed by atoms with van der Waals surface area (Å²) >= 11 is 2.24. The SMILES string of the molecule is ICCOc1cnccn1. The van der Waals surface area contributed by atoms with Gasteiger partial charge in [0, 0.05) is 16.8 Å². The van der Waals surface area contributed by atoms with Crippen molar-refractivity contribution in [2.75, 3.05) is 11.0 Å². The van der Waals surface area contributed by atoms with E-state index in [1.165, 1.54) is 0 Å². The van der Waals surface area contributed by atoms with E-state index in [2.05, 4.69) is 32.6 Å². The first-order chi connectivity index (χ1) is 4.93.